The minimum Gasteiger partial charge on any atom is -0.360 e. The molecule has 128 valence electrons. The molecule has 0 radical (unpaired) electrons. The van der Waals surface area contributed by atoms with Crippen LogP contribution in [0.2, 0.25) is 5.28 Å². The number of carbonyl (C=O) groups excluding carboxylic acids is 1. The van der Waals surface area contributed by atoms with Gasteiger partial charge in [0, 0.05) is 36.9 Å². The highest BCUT2D eigenvalue weighted by Gasteiger charge is 2.27. The number of aromatic amines is 1. The van der Waals surface area contributed by atoms with E-state index in [1.165, 1.54) is 0 Å². The zero-order chi connectivity index (χ0) is 17.2. The maximum absolute atomic E-state index is 12.5. The van der Waals surface area contributed by atoms with Crippen molar-refractivity contribution in [2.24, 2.45) is 0 Å². The van der Waals surface area contributed by atoms with Crippen molar-refractivity contribution in [1.82, 2.24) is 25.2 Å². The summed E-state index contributed by atoms with van der Waals surface area (Å²) < 4.78 is 5.48. The van der Waals surface area contributed by atoms with Gasteiger partial charge in [-0.15, -0.1) is 5.10 Å². The molecule has 0 saturated carbocycles. The zero-order valence-corrected chi connectivity index (χ0v) is 14.2. The van der Waals surface area contributed by atoms with Gasteiger partial charge in [-0.05, 0) is 11.6 Å². The Morgan fingerprint density at radius 2 is 2.16 bits per heavy atom. The minimum absolute atomic E-state index is 0.0679. The molecule has 1 aromatic carbocycles. The average Bonchev–Trinajstić information content (AvgIpc) is 3.26. The van der Waals surface area contributed by atoms with Gasteiger partial charge in [0.15, 0.2) is 0 Å². The van der Waals surface area contributed by atoms with E-state index in [0.29, 0.717) is 38.2 Å². The molecule has 25 heavy (non-hydrogen) atoms. The lowest BCUT2D eigenvalue weighted by molar-refractivity contribution is -0.132. The van der Waals surface area contributed by atoms with Crippen LogP contribution in [0.3, 0.4) is 0 Å². The molecule has 0 fully saturated rings. The number of hydrogen-bond donors (Lipinski definition) is 1. The number of carbonyl (C=O) groups is 1. The number of halogens is 1. The maximum atomic E-state index is 12.5. The second kappa shape index (κ2) is 6.68. The number of rotatable bonds is 4. The van der Waals surface area contributed by atoms with Crippen LogP contribution in [0.15, 0.2) is 34.9 Å². The van der Waals surface area contributed by atoms with Crippen LogP contribution in [0.25, 0.3) is 11.3 Å². The molecule has 1 N–H and O–H groups in total. The largest absolute Gasteiger partial charge is 0.360 e. The van der Waals surface area contributed by atoms with Crippen molar-refractivity contribution in [2.75, 3.05) is 6.54 Å². The third kappa shape index (κ3) is 3.28. The monoisotopic (exact) mass is 357 g/mol. The highest BCUT2D eigenvalue weighted by Crippen LogP contribution is 2.30. The van der Waals surface area contributed by atoms with Crippen molar-refractivity contribution in [3.63, 3.8) is 0 Å². The van der Waals surface area contributed by atoms with Crippen LogP contribution in [-0.2, 0) is 24.2 Å². The Hall–Kier alpha value is -2.67. The Morgan fingerprint density at radius 3 is 2.92 bits per heavy atom. The molecule has 0 atom stereocenters. The van der Waals surface area contributed by atoms with E-state index >= 15 is 0 Å². The minimum atomic E-state index is 0.0679. The van der Waals surface area contributed by atoms with Crippen LogP contribution in [-0.4, -0.2) is 37.7 Å². The van der Waals surface area contributed by atoms with E-state index in [2.05, 4.69) is 20.3 Å². The summed E-state index contributed by atoms with van der Waals surface area (Å²) in [5, 5.41) is 10.9. The van der Waals surface area contributed by atoms with Crippen LogP contribution in [0, 0.1) is 0 Å². The van der Waals surface area contributed by atoms with Gasteiger partial charge >= 0.3 is 0 Å². The number of nitrogens with zero attached hydrogens (tertiary/aromatic N) is 4. The number of aryl methyl sites for hydroxylation is 1. The highest BCUT2D eigenvalue weighted by atomic mass is 35.5. The van der Waals surface area contributed by atoms with Gasteiger partial charge in [-0.25, -0.2) is 4.98 Å². The number of nitrogens with one attached hydrogen (secondary N) is 1. The van der Waals surface area contributed by atoms with Crippen LogP contribution < -0.4 is 0 Å². The van der Waals surface area contributed by atoms with E-state index < -0.39 is 0 Å². The summed E-state index contributed by atoms with van der Waals surface area (Å²) >= 11 is 5.68. The molecular formula is C17H16ClN5O2. The third-order valence-corrected chi connectivity index (χ3v) is 4.48. The second-order valence-corrected chi connectivity index (χ2v) is 6.25. The van der Waals surface area contributed by atoms with Crippen molar-refractivity contribution >= 4 is 17.5 Å². The molecule has 2 aromatic heterocycles. The second-order valence-electron chi connectivity index (χ2n) is 5.92. The Balaban J connectivity index is 1.47. The standard InChI is InChI=1S/C17H16ClN5O2/c18-17-19-14(20-21-17)6-7-15(24)23-9-8-13-12(10-23)16(22-25-13)11-4-2-1-3-5-11/h1-5H,6-10H2,(H,19,20,21). The van der Waals surface area contributed by atoms with Crippen molar-refractivity contribution in [3.8, 4) is 11.3 Å². The lowest BCUT2D eigenvalue weighted by atomic mass is 10.0. The van der Waals surface area contributed by atoms with Crippen molar-refractivity contribution in [3.05, 3.63) is 52.8 Å². The SMILES string of the molecule is O=C(CCc1nc(Cl)n[nH]1)N1CCc2onc(-c3ccccc3)c2C1. The normalized spacial score (nSPS) is 13.7. The number of benzene rings is 1. The number of hydrogen-bond acceptors (Lipinski definition) is 5. The van der Waals surface area contributed by atoms with Crippen molar-refractivity contribution in [2.45, 2.75) is 25.8 Å². The summed E-state index contributed by atoms with van der Waals surface area (Å²) in [5.74, 6) is 1.55. The summed E-state index contributed by atoms with van der Waals surface area (Å²) in [4.78, 5) is 18.4. The molecule has 0 saturated heterocycles. The summed E-state index contributed by atoms with van der Waals surface area (Å²) in [5.41, 5.74) is 2.81. The number of amides is 1. The molecule has 0 unspecified atom stereocenters. The van der Waals surface area contributed by atoms with Crippen LogP contribution >= 0.6 is 11.6 Å². The van der Waals surface area contributed by atoms with Crippen molar-refractivity contribution < 1.29 is 9.32 Å². The van der Waals surface area contributed by atoms with Gasteiger partial charge in [-0.1, -0.05) is 35.5 Å². The Bertz CT molecular complexity index is 890. The molecule has 1 amide bonds. The Labute approximate surface area is 149 Å². The third-order valence-electron chi connectivity index (χ3n) is 4.31. The van der Waals surface area contributed by atoms with Crippen LogP contribution in [0.1, 0.15) is 23.6 Å². The van der Waals surface area contributed by atoms with Crippen molar-refractivity contribution in [1.29, 1.82) is 0 Å². The van der Waals surface area contributed by atoms with E-state index in [-0.39, 0.29) is 11.2 Å². The average molecular weight is 358 g/mol. The summed E-state index contributed by atoms with van der Waals surface area (Å²) in [6.07, 6.45) is 1.51. The van der Waals surface area contributed by atoms with E-state index in [1.807, 2.05) is 35.2 Å². The Kier molecular flexibility index (Phi) is 4.23. The van der Waals surface area contributed by atoms with Gasteiger partial charge in [0.05, 0.1) is 6.54 Å². The lowest BCUT2D eigenvalue weighted by Gasteiger charge is -2.26. The Morgan fingerprint density at radius 1 is 1.32 bits per heavy atom. The van der Waals surface area contributed by atoms with E-state index in [9.17, 15) is 4.79 Å². The predicted octanol–water partition coefficient (Wildman–Crippen LogP) is 2.63. The van der Waals surface area contributed by atoms with Gasteiger partial charge in [-0.3, -0.25) is 9.89 Å². The first-order valence-electron chi connectivity index (χ1n) is 8.08. The summed E-state index contributed by atoms with van der Waals surface area (Å²) in [6, 6.07) is 9.87. The molecule has 3 aromatic rings. The van der Waals surface area contributed by atoms with E-state index in [1.54, 1.807) is 0 Å². The quantitative estimate of drug-likeness (QED) is 0.775. The summed E-state index contributed by atoms with van der Waals surface area (Å²) in [6.45, 7) is 1.14. The number of H-pyrrole nitrogens is 1. The maximum Gasteiger partial charge on any atom is 0.242 e. The fourth-order valence-corrected chi connectivity index (χ4v) is 3.16. The fourth-order valence-electron chi connectivity index (χ4n) is 3.01. The van der Waals surface area contributed by atoms with Gasteiger partial charge in [-0.2, -0.15) is 0 Å². The van der Waals surface area contributed by atoms with Crippen LogP contribution in [0.5, 0.6) is 0 Å². The fraction of sp³-hybridized carbons (Fsp3) is 0.294. The molecular weight excluding hydrogens is 342 g/mol. The van der Waals surface area contributed by atoms with Gasteiger partial charge in [0.1, 0.15) is 17.3 Å². The first kappa shape index (κ1) is 15.8. The predicted molar refractivity (Wildman–Crippen MR) is 90.8 cm³/mol. The molecule has 0 aliphatic carbocycles. The number of aromatic nitrogens is 4. The van der Waals surface area contributed by atoms with E-state index in [0.717, 1.165) is 22.6 Å². The zero-order valence-electron chi connectivity index (χ0n) is 13.4. The lowest BCUT2D eigenvalue weighted by Crippen LogP contribution is -2.35. The molecule has 1 aliphatic rings. The van der Waals surface area contributed by atoms with E-state index in [4.69, 9.17) is 16.1 Å². The molecule has 0 bridgehead atoms. The summed E-state index contributed by atoms with van der Waals surface area (Å²) in [7, 11) is 0. The molecule has 7 nitrogen and oxygen atoms in total. The molecule has 4 rings (SSSR count). The van der Waals surface area contributed by atoms with Gasteiger partial charge in [0.2, 0.25) is 11.2 Å². The molecule has 3 heterocycles. The first-order valence-corrected chi connectivity index (χ1v) is 8.46. The van der Waals surface area contributed by atoms with Gasteiger partial charge in [0.25, 0.3) is 0 Å². The highest BCUT2D eigenvalue weighted by molar-refractivity contribution is 6.28. The molecule has 8 heteroatoms. The van der Waals surface area contributed by atoms with Crippen LogP contribution in [0.4, 0.5) is 0 Å². The topological polar surface area (TPSA) is 87.9 Å². The smallest absolute Gasteiger partial charge is 0.242 e. The number of fused-ring (bicyclic) bond motifs is 1. The molecule has 0 spiro atoms. The van der Waals surface area contributed by atoms with Gasteiger partial charge < -0.3 is 9.42 Å². The molecule has 1 aliphatic heterocycles. The first-order chi connectivity index (χ1) is 12.2.